The number of aromatic nitrogens is 3. The van der Waals surface area contributed by atoms with Crippen LogP contribution < -0.4 is 14.8 Å². The Morgan fingerprint density at radius 1 is 1.03 bits per heavy atom. The monoisotopic (exact) mass is 470 g/mol. The van der Waals surface area contributed by atoms with Gasteiger partial charge in [0.1, 0.15) is 5.75 Å². The summed E-state index contributed by atoms with van der Waals surface area (Å²) in [6.45, 7) is 6.21. The first kappa shape index (κ1) is 24.0. The lowest BCUT2D eigenvalue weighted by Gasteiger charge is -2.10. The van der Waals surface area contributed by atoms with Gasteiger partial charge in [-0.3, -0.25) is 4.79 Å². The number of anilines is 1. The average Bonchev–Trinajstić information content (AvgIpc) is 3.29. The Hall–Kier alpha value is -4.13. The van der Waals surface area contributed by atoms with Gasteiger partial charge in [0, 0.05) is 23.6 Å². The minimum Gasteiger partial charge on any atom is -0.497 e. The van der Waals surface area contributed by atoms with E-state index in [0.717, 1.165) is 34.5 Å². The van der Waals surface area contributed by atoms with Gasteiger partial charge in [0.2, 0.25) is 5.91 Å². The fourth-order valence-corrected chi connectivity index (χ4v) is 3.48. The number of amides is 1. The Labute approximate surface area is 205 Å². The molecular formula is C28H30N4O3. The Bertz CT molecular complexity index is 1280. The van der Waals surface area contributed by atoms with Crippen LogP contribution >= 0.6 is 0 Å². The van der Waals surface area contributed by atoms with Gasteiger partial charge in [0.15, 0.2) is 5.82 Å². The lowest BCUT2D eigenvalue weighted by Crippen LogP contribution is -2.17. The topological polar surface area (TPSA) is 78.3 Å². The quantitative estimate of drug-likeness (QED) is 0.351. The molecule has 1 amide bonds. The second-order valence-corrected chi connectivity index (χ2v) is 8.64. The van der Waals surface area contributed by atoms with Crippen molar-refractivity contribution in [1.82, 2.24) is 14.8 Å². The molecule has 0 saturated heterocycles. The van der Waals surface area contributed by atoms with Crippen LogP contribution in [-0.2, 0) is 11.2 Å². The van der Waals surface area contributed by atoms with Gasteiger partial charge in [-0.25, -0.2) is 4.68 Å². The first-order valence-electron chi connectivity index (χ1n) is 11.6. The number of nitrogens with zero attached hydrogens (tertiary/aromatic N) is 3. The highest BCUT2D eigenvalue weighted by Crippen LogP contribution is 2.25. The third-order valence-electron chi connectivity index (χ3n) is 5.56. The van der Waals surface area contributed by atoms with Crippen molar-refractivity contribution in [2.75, 3.05) is 19.0 Å². The zero-order chi connectivity index (χ0) is 24.8. The molecule has 0 unspecified atom stereocenters. The molecular weight excluding hydrogens is 440 g/mol. The minimum atomic E-state index is -0.112. The molecule has 35 heavy (non-hydrogen) atoms. The molecule has 1 N–H and O–H groups in total. The van der Waals surface area contributed by atoms with Crippen LogP contribution in [0.15, 0.2) is 72.8 Å². The van der Waals surface area contributed by atoms with Crippen LogP contribution in [0.25, 0.3) is 17.1 Å². The van der Waals surface area contributed by atoms with Crippen LogP contribution in [0.2, 0.25) is 0 Å². The van der Waals surface area contributed by atoms with Crippen molar-refractivity contribution in [2.24, 2.45) is 5.92 Å². The van der Waals surface area contributed by atoms with Gasteiger partial charge in [-0.1, -0.05) is 61.9 Å². The number of hydrogen-bond acceptors (Lipinski definition) is 5. The second-order valence-electron chi connectivity index (χ2n) is 8.64. The fourth-order valence-electron chi connectivity index (χ4n) is 3.48. The summed E-state index contributed by atoms with van der Waals surface area (Å²) in [7, 11) is 1.65. The molecule has 1 heterocycles. The molecule has 0 aliphatic rings. The van der Waals surface area contributed by atoms with Crippen molar-refractivity contribution in [3.8, 4) is 28.8 Å². The molecule has 0 saturated carbocycles. The van der Waals surface area contributed by atoms with E-state index in [4.69, 9.17) is 9.47 Å². The second kappa shape index (κ2) is 10.9. The number of nitrogens with one attached hydrogen (secondary N) is 1. The molecule has 7 nitrogen and oxygen atoms in total. The molecule has 0 atom stereocenters. The summed E-state index contributed by atoms with van der Waals surface area (Å²) in [4.78, 5) is 16.9. The predicted molar refractivity (Wildman–Crippen MR) is 137 cm³/mol. The number of ether oxygens (including phenoxy) is 2. The van der Waals surface area contributed by atoms with E-state index in [1.54, 1.807) is 11.8 Å². The number of carbonyl (C=O) groups excluding carboxylic acids is 1. The summed E-state index contributed by atoms with van der Waals surface area (Å²) < 4.78 is 12.9. The maximum atomic E-state index is 12.2. The lowest BCUT2D eigenvalue weighted by atomic mass is 10.1. The van der Waals surface area contributed by atoms with Gasteiger partial charge < -0.3 is 14.8 Å². The van der Waals surface area contributed by atoms with Crippen molar-refractivity contribution in [3.63, 3.8) is 0 Å². The van der Waals surface area contributed by atoms with Gasteiger partial charge in [-0.05, 0) is 42.8 Å². The Morgan fingerprint density at radius 3 is 2.46 bits per heavy atom. The Kier molecular flexibility index (Phi) is 7.45. The summed E-state index contributed by atoms with van der Waals surface area (Å²) >= 11 is 0. The summed E-state index contributed by atoms with van der Waals surface area (Å²) in [6.07, 6.45) is 0.717. The van der Waals surface area contributed by atoms with Crippen molar-refractivity contribution in [1.29, 1.82) is 0 Å². The maximum absolute atomic E-state index is 12.2. The van der Waals surface area contributed by atoms with E-state index in [-0.39, 0.29) is 11.8 Å². The number of benzene rings is 3. The number of hydrogen-bond donors (Lipinski definition) is 1. The molecule has 4 aromatic rings. The van der Waals surface area contributed by atoms with E-state index in [9.17, 15) is 4.79 Å². The van der Waals surface area contributed by atoms with Crippen LogP contribution in [0.1, 0.15) is 25.0 Å². The van der Waals surface area contributed by atoms with Gasteiger partial charge in [0.25, 0.3) is 0 Å². The fraction of sp³-hybridized carbons (Fsp3) is 0.250. The molecule has 3 aromatic carbocycles. The Balaban J connectivity index is 1.59. The SMILES string of the molecule is COc1ccc(CCOc2nc(-c3ccc(C)cc3)n(-c3cccc(NC(=O)C(C)C)c3)n2)cc1. The molecule has 180 valence electrons. The molecule has 0 bridgehead atoms. The van der Waals surface area contributed by atoms with E-state index in [1.165, 1.54) is 0 Å². The average molecular weight is 471 g/mol. The lowest BCUT2D eigenvalue weighted by molar-refractivity contribution is -0.118. The highest BCUT2D eigenvalue weighted by Gasteiger charge is 2.16. The molecule has 1 aromatic heterocycles. The minimum absolute atomic E-state index is 0.0398. The zero-order valence-corrected chi connectivity index (χ0v) is 20.5. The smallest absolute Gasteiger partial charge is 0.336 e. The third kappa shape index (κ3) is 6.06. The van der Waals surface area contributed by atoms with E-state index < -0.39 is 0 Å². The molecule has 0 radical (unpaired) electrons. The van der Waals surface area contributed by atoms with Crippen LogP contribution in [0.4, 0.5) is 5.69 Å². The summed E-state index contributed by atoms with van der Waals surface area (Å²) in [5.74, 6) is 1.34. The van der Waals surface area contributed by atoms with Gasteiger partial charge >= 0.3 is 6.01 Å². The molecule has 0 spiro atoms. The number of rotatable bonds is 9. The predicted octanol–water partition coefficient (Wildman–Crippen LogP) is 5.47. The van der Waals surface area contributed by atoms with Crippen molar-refractivity contribution >= 4 is 11.6 Å². The molecule has 0 fully saturated rings. The number of methoxy groups -OCH3 is 1. The first-order chi connectivity index (χ1) is 16.9. The molecule has 4 rings (SSSR count). The summed E-state index contributed by atoms with van der Waals surface area (Å²) in [5.41, 5.74) is 4.70. The van der Waals surface area contributed by atoms with E-state index in [2.05, 4.69) is 15.4 Å². The molecule has 7 heteroatoms. The van der Waals surface area contributed by atoms with Gasteiger partial charge in [-0.2, -0.15) is 4.98 Å². The zero-order valence-electron chi connectivity index (χ0n) is 20.5. The highest BCUT2D eigenvalue weighted by molar-refractivity contribution is 5.92. The maximum Gasteiger partial charge on any atom is 0.336 e. The standard InChI is InChI=1S/C28H30N4O3/c1-19(2)27(33)29-23-6-5-7-24(18-23)32-26(22-12-8-20(3)9-13-22)30-28(31-32)35-17-16-21-10-14-25(34-4)15-11-21/h5-15,18-19H,16-17H2,1-4H3,(H,29,33). The van der Waals surface area contributed by atoms with Crippen LogP contribution in [0.3, 0.4) is 0 Å². The number of aryl methyl sites for hydroxylation is 1. The van der Waals surface area contributed by atoms with Crippen LogP contribution in [-0.4, -0.2) is 34.4 Å². The van der Waals surface area contributed by atoms with E-state index >= 15 is 0 Å². The van der Waals surface area contributed by atoms with Gasteiger partial charge in [0.05, 0.1) is 19.4 Å². The van der Waals surface area contributed by atoms with Crippen molar-refractivity contribution < 1.29 is 14.3 Å². The largest absolute Gasteiger partial charge is 0.497 e. The van der Waals surface area contributed by atoms with Crippen LogP contribution in [0, 0.1) is 12.8 Å². The summed E-state index contributed by atoms with van der Waals surface area (Å²) in [5, 5.41) is 7.59. The molecule has 0 aliphatic heterocycles. The Morgan fingerprint density at radius 2 is 1.77 bits per heavy atom. The molecule has 0 aliphatic carbocycles. The van der Waals surface area contributed by atoms with Crippen molar-refractivity contribution in [3.05, 3.63) is 83.9 Å². The first-order valence-corrected chi connectivity index (χ1v) is 11.6. The third-order valence-corrected chi connectivity index (χ3v) is 5.56. The normalized spacial score (nSPS) is 10.9. The van der Waals surface area contributed by atoms with Gasteiger partial charge in [-0.15, -0.1) is 5.10 Å². The highest BCUT2D eigenvalue weighted by atomic mass is 16.5. The number of carbonyl (C=O) groups is 1. The van der Waals surface area contributed by atoms with Crippen LogP contribution in [0.5, 0.6) is 11.8 Å². The summed E-state index contributed by atoms with van der Waals surface area (Å²) in [6, 6.07) is 23.9. The van der Waals surface area contributed by atoms with Crippen molar-refractivity contribution in [2.45, 2.75) is 27.2 Å². The van der Waals surface area contributed by atoms with E-state index in [1.807, 2.05) is 93.6 Å². The van der Waals surface area contributed by atoms with E-state index in [0.29, 0.717) is 24.1 Å².